The van der Waals surface area contributed by atoms with Crippen LogP contribution in [0.1, 0.15) is 56.2 Å². The van der Waals surface area contributed by atoms with Crippen LogP contribution < -0.4 is 10.8 Å². The van der Waals surface area contributed by atoms with Gasteiger partial charge in [-0.2, -0.15) is 0 Å². The summed E-state index contributed by atoms with van der Waals surface area (Å²) in [7, 11) is 0. The summed E-state index contributed by atoms with van der Waals surface area (Å²) in [6.45, 7) is 1.96. The number of nitrogens with one attached hydrogen (secondary N) is 2. The van der Waals surface area contributed by atoms with E-state index in [1.807, 2.05) is 31.2 Å². The van der Waals surface area contributed by atoms with E-state index in [1.165, 1.54) is 18.0 Å². The van der Waals surface area contributed by atoms with Crippen molar-refractivity contribution in [3.05, 3.63) is 41.5 Å². The maximum atomic E-state index is 11.7. The summed E-state index contributed by atoms with van der Waals surface area (Å²) in [5.74, 6) is -1.18. The summed E-state index contributed by atoms with van der Waals surface area (Å²) < 4.78 is 0. The quantitative estimate of drug-likeness (QED) is 0.346. The van der Waals surface area contributed by atoms with E-state index in [9.17, 15) is 14.7 Å². The van der Waals surface area contributed by atoms with Crippen LogP contribution in [0, 0.1) is 5.92 Å². The number of aliphatic carboxylic acids is 1. The molecule has 0 saturated heterocycles. The van der Waals surface area contributed by atoms with E-state index in [2.05, 4.69) is 5.32 Å². The number of rotatable bonds is 7. The fourth-order valence-corrected chi connectivity index (χ4v) is 3.35. The van der Waals surface area contributed by atoms with Crippen LogP contribution in [0.4, 0.5) is 0 Å². The van der Waals surface area contributed by atoms with Crippen LogP contribution in [0.25, 0.3) is 6.08 Å². The van der Waals surface area contributed by atoms with Gasteiger partial charge >= 0.3 is 5.97 Å². The van der Waals surface area contributed by atoms with Crippen molar-refractivity contribution in [1.29, 1.82) is 0 Å². The summed E-state index contributed by atoms with van der Waals surface area (Å²) in [4.78, 5) is 22.6. The molecule has 1 amide bonds. The Kier molecular flexibility index (Phi) is 7.16. The third kappa shape index (κ3) is 5.69. The predicted octanol–water partition coefficient (Wildman–Crippen LogP) is 2.89. The molecule has 6 nitrogen and oxygen atoms in total. The second-order valence-corrected chi connectivity index (χ2v) is 6.58. The number of hydrogen-bond donors (Lipinski definition) is 4. The molecule has 2 rings (SSSR count). The van der Waals surface area contributed by atoms with E-state index < -0.39 is 17.9 Å². The van der Waals surface area contributed by atoms with Crippen LogP contribution in [0.5, 0.6) is 0 Å². The second-order valence-electron chi connectivity index (χ2n) is 6.58. The Bertz CT molecular complexity index is 606. The first-order valence-corrected chi connectivity index (χ1v) is 8.72. The summed E-state index contributed by atoms with van der Waals surface area (Å²) in [6, 6.07) is 6.92. The highest BCUT2D eigenvalue weighted by Crippen LogP contribution is 2.28. The second kappa shape index (κ2) is 9.34. The molecule has 2 atom stereocenters. The molecule has 0 radical (unpaired) electrons. The number of amides is 1. The Morgan fingerprint density at radius 1 is 1.16 bits per heavy atom. The lowest BCUT2D eigenvalue weighted by molar-refractivity contribution is -0.141. The Balaban J connectivity index is 2.00. The molecular formula is C19H26N2O4. The van der Waals surface area contributed by atoms with Crippen molar-refractivity contribution in [2.75, 3.05) is 0 Å². The SMILES string of the molecule is CC(NC(C(=O)O)C1CCCCC1)c1ccc(/C=C/C(=O)NO)cc1. The van der Waals surface area contributed by atoms with Gasteiger partial charge in [0, 0.05) is 12.1 Å². The number of carbonyl (C=O) groups excluding carboxylic acids is 1. The fourth-order valence-electron chi connectivity index (χ4n) is 3.35. The number of carboxylic acids is 1. The maximum absolute atomic E-state index is 11.7. The predicted molar refractivity (Wildman–Crippen MR) is 95.0 cm³/mol. The van der Waals surface area contributed by atoms with Gasteiger partial charge in [-0.05, 0) is 42.9 Å². The van der Waals surface area contributed by atoms with E-state index in [-0.39, 0.29) is 12.0 Å². The van der Waals surface area contributed by atoms with Crippen molar-refractivity contribution >= 4 is 18.0 Å². The Hall–Kier alpha value is -2.18. The van der Waals surface area contributed by atoms with E-state index in [0.29, 0.717) is 0 Å². The maximum Gasteiger partial charge on any atom is 0.320 e. The van der Waals surface area contributed by atoms with E-state index in [1.54, 1.807) is 6.08 Å². The van der Waals surface area contributed by atoms with Crippen LogP contribution >= 0.6 is 0 Å². The van der Waals surface area contributed by atoms with Gasteiger partial charge in [0.2, 0.25) is 0 Å². The first-order chi connectivity index (χ1) is 12.0. The fraction of sp³-hybridized carbons (Fsp3) is 0.474. The van der Waals surface area contributed by atoms with Gasteiger partial charge in [0.1, 0.15) is 6.04 Å². The van der Waals surface area contributed by atoms with Crippen LogP contribution in [0.15, 0.2) is 30.3 Å². The largest absolute Gasteiger partial charge is 0.480 e. The molecule has 1 aliphatic rings. The van der Waals surface area contributed by atoms with Gasteiger partial charge in [0.25, 0.3) is 5.91 Å². The van der Waals surface area contributed by atoms with Crippen LogP contribution in [0.2, 0.25) is 0 Å². The van der Waals surface area contributed by atoms with Crippen molar-refractivity contribution in [2.24, 2.45) is 5.92 Å². The highest BCUT2D eigenvalue weighted by atomic mass is 16.5. The van der Waals surface area contributed by atoms with Gasteiger partial charge in [-0.25, -0.2) is 5.48 Å². The Labute approximate surface area is 147 Å². The number of hydroxylamine groups is 1. The normalized spacial score (nSPS) is 18.0. The average Bonchev–Trinajstić information content (AvgIpc) is 2.64. The zero-order valence-electron chi connectivity index (χ0n) is 14.4. The van der Waals surface area contributed by atoms with E-state index in [0.717, 1.165) is 36.8 Å². The molecule has 2 unspecified atom stereocenters. The van der Waals surface area contributed by atoms with Crippen LogP contribution in [-0.2, 0) is 9.59 Å². The minimum absolute atomic E-state index is 0.0817. The number of carbonyl (C=O) groups is 2. The van der Waals surface area contributed by atoms with Gasteiger partial charge in [0.05, 0.1) is 0 Å². The van der Waals surface area contributed by atoms with Crippen molar-refractivity contribution in [3.8, 4) is 0 Å². The van der Waals surface area contributed by atoms with Crippen molar-refractivity contribution in [1.82, 2.24) is 10.8 Å². The molecule has 1 aromatic carbocycles. The number of carboxylic acid groups (broad SMARTS) is 1. The summed E-state index contributed by atoms with van der Waals surface area (Å²) >= 11 is 0. The summed E-state index contributed by atoms with van der Waals surface area (Å²) in [5, 5.41) is 21.3. The van der Waals surface area contributed by atoms with Crippen molar-refractivity contribution in [2.45, 2.75) is 51.1 Å². The molecule has 0 bridgehead atoms. The van der Waals surface area contributed by atoms with Gasteiger partial charge in [-0.3, -0.25) is 20.1 Å². The molecular weight excluding hydrogens is 320 g/mol. The molecule has 25 heavy (non-hydrogen) atoms. The molecule has 1 fully saturated rings. The smallest absolute Gasteiger partial charge is 0.320 e. The monoisotopic (exact) mass is 346 g/mol. The number of benzene rings is 1. The minimum atomic E-state index is -0.784. The Morgan fingerprint density at radius 2 is 1.80 bits per heavy atom. The van der Waals surface area contributed by atoms with Crippen LogP contribution in [-0.4, -0.2) is 28.2 Å². The van der Waals surface area contributed by atoms with Crippen molar-refractivity contribution < 1.29 is 19.9 Å². The Morgan fingerprint density at radius 3 is 2.36 bits per heavy atom. The zero-order chi connectivity index (χ0) is 18.2. The molecule has 0 spiro atoms. The van der Waals surface area contributed by atoms with Gasteiger partial charge in [0.15, 0.2) is 0 Å². The topological polar surface area (TPSA) is 98.7 Å². The number of hydrogen-bond acceptors (Lipinski definition) is 4. The third-order valence-electron chi connectivity index (χ3n) is 4.79. The van der Waals surface area contributed by atoms with E-state index in [4.69, 9.17) is 5.21 Å². The van der Waals surface area contributed by atoms with E-state index >= 15 is 0 Å². The van der Waals surface area contributed by atoms with Gasteiger partial charge < -0.3 is 5.11 Å². The van der Waals surface area contributed by atoms with Gasteiger partial charge in [-0.15, -0.1) is 0 Å². The molecule has 0 aromatic heterocycles. The van der Waals surface area contributed by atoms with Crippen molar-refractivity contribution in [3.63, 3.8) is 0 Å². The molecule has 1 aromatic rings. The lowest BCUT2D eigenvalue weighted by atomic mass is 9.83. The highest BCUT2D eigenvalue weighted by molar-refractivity contribution is 5.90. The summed E-state index contributed by atoms with van der Waals surface area (Å²) in [6.07, 6.45) is 8.16. The average molecular weight is 346 g/mol. The molecule has 4 N–H and O–H groups in total. The lowest BCUT2D eigenvalue weighted by Gasteiger charge is -2.30. The molecule has 1 aliphatic carbocycles. The lowest BCUT2D eigenvalue weighted by Crippen LogP contribution is -2.44. The molecule has 0 heterocycles. The molecule has 6 heteroatoms. The van der Waals surface area contributed by atoms with Crippen LogP contribution in [0.3, 0.4) is 0 Å². The highest BCUT2D eigenvalue weighted by Gasteiger charge is 2.30. The van der Waals surface area contributed by atoms with Gasteiger partial charge in [-0.1, -0.05) is 43.5 Å². The minimum Gasteiger partial charge on any atom is -0.480 e. The molecule has 136 valence electrons. The first-order valence-electron chi connectivity index (χ1n) is 8.72. The molecule has 0 aliphatic heterocycles. The zero-order valence-corrected chi connectivity index (χ0v) is 14.4. The summed E-state index contributed by atoms with van der Waals surface area (Å²) in [5.41, 5.74) is 3.35. The third-order valence-corrected chi connectivity index (χ3v) is 4.79. The first kappa shape index (κ1) is 19.1. The molecule has 1 saturated carbocycles. The standard InChI is InChI=1S/C19H26N2O4/c1-13(20-18(19(23)24)16-5-3-2-4-6-16)15-10-7-14(8-11-15)9-12-17(22)21-25/h7-13,16,18,20,25H,2-6H2,1H3,(H,21,22)(H,23,24)/b12-9+.